The van der Waals surface area contributed by atoms with Gasteiger partial charge in [0.05, 0.1) is 0 Å². The number of carbonyl (C=O) groups excluding carboxylic acids is 1. The minimum absolute atomic E-state index is 0.0752. The van der Waals surface area contributed by atoms with Gasteiger partial charge in [0.15, 0.2) is 0 Å². The molecule has 2 aromatic carbocycles. The van der Waals surface area contributed by atoms with Crippen molar-refractivity contribution in [3.8, 4) is 0 Å². The maximum absolute atomic E-state index is 12.3. The van der Waals surface area contributed by atoms with Gasteiger partial charge in [-0.25, -0.2) is 0 Å². The fraction of sp³-hybridized carbons (Fsp3) is 0.278. The number of anilines is 2. The second-order valence-electron chi connectivity index (χ2n) is 5.47. The van der Waals surface area contributed by atoms with Crippen LogP contribution in [0.25, 0.3) is 0 Å². The topological polar surface area (TPSA) is 44.4 Å². The minimum Gasteiger partial charge on any atom is -0.369 e. The molecule has 1 aliphatic rings. The average Bonchev–Trinajstić information content (AvgIpc) is 2.63. The highest BCUT2D eigenvalue weighted by atomic mass is 32.2. The van der Waals surface area contributed by atoms with Crippen molar-refractivity contribution in [1.29, 1.82) is 0 Å². The predicted octanol–water partition coefficient (Wildman–Crippen LogP) is 3.07. The van der Waals surface area contributed by atoms with Gasteiger partial charge in [0.2, 0.25) is 0 Å². The molecule has 4 nitrogen and oxygen atoms in total. The van der Waals surface area contributed by atoms with Gasteiger partial charge in [-0.3, -0.25) is 4.79 Å². The van der Waals surface area contributed by atoms with Gasteiger partial charge in [0, 0.05) is 48.0 Å². The summed E-state index contributed by atoms with van der Waals surface area (Å²) in [5, 5.41) is 6.28. The fourth-order valence-corrected chi connectivity index (χ4v) is 3.03. The van der Waals surface area contributed by atoms with Crippen LogP contribution in [-0.2, 0) is 0 Å². The van der Waals surface area contributed by atoms with E-state index < -0.39 is 0 Å². The summed E-state index contributed by atoms with van der Waals surface area (Å²) < 4.78 is 0. The summed E-state index contributed by atoms with van der Waals surface area (Å²) in [6.45, 7) is 4.03. The van der Waals surface area contributed by atoms with Crippen molar-refractivity contribution in [2.45, 2.75) is 4.90 Å². The second kappa shape index (κ2) is 7.53. The lowest BCUT2D eigenvalue weighted by Gasteiger charge is -2.29. The van der Waals surface area contributed by atoms with Crippen LogP contribution in [0.5, 0.6) is 0 Å². The van der Waals surface area contributed by atoms with E-state index in [0.29, 0.717) is 5.56 Å². The lowest BCUT2D eigenvalue weighted by Crippen LogP contribution is -2.43. The third kappa shape index (κ3) is 4.06. The molecule has 1 fully saturated rings. The quantitative estimate of drug-likeness (QED) is 0.847. The number of thioether (sulfide) groups is 1. The highest BCUT2D eigenvalue weighted by Crippen LogP contribution is 2.19. The molecule has 0 aromatic heterocycles. The molecule has 1 heterocycles. The Bertz CT molecular complexity index is 649. The largest absolute Gasteiger partial charge is 0.369 e. The molecule has 0 unspecified atom stereocenters. The van der Waals surface area contributed by atoms with Gasteiger partial charge in [-0.2, -0.15) is 0 Å². The molecule has 3 rings (SSSR count). The Kier molecular flexibility index (Phi) is 5.20. The standard InChI is InChI=1S/C18H21N3OS/c1-23-17-8-4-15(5-9-17)20-18(22)14-2-6-16(7-3-14)21-12-10-19-11-13-21/h2-9,19H,10-13H2,1H3,(H,20,22). The highest BCUT2D eigenvalue weighted by Gasteiger charge is 2.11. The smallest absolute Gasteiger partial charge is 0.255 e. The summed E-state index contributed by atoms with van der Waals surface area (Å²) >= 11 is 1.69. The maximum Gasteiger partial charge on any atom is 0.255 e. The van der Waals surface area contributed by atoms with Crippen LogP contribution in [0.1, 0.15) is 10.4 Å². The van der Waals surface area contributed by atoms with E-state index in [1.807, 2.05) is 54.8 Å². The zero-order chi connectivity index (χ0) is 16.1. The predicted molar refractivity (Wildman–Crippen MR) is 97.7 cm³/mol. The Morgan fingerprint density at radius 3 is 2.30 bits per heavy atom. The summed E-state index contributed by atoms with van der Waals surface area (Å²) in [5.41, 5.74) is 2.67. The Morgan fingerprint density at radius 2 is 1.70 bits per heavy atom. The van der Waals surface area contributed by atoms with E-state index >= 15 is 0 Å². The third-order valence-corrected chi connectivity index (χ3v) is 4.70. The highest BCUT2D eigenvalue weighted by molar-refractivity contribution is 7.98. The summed E-state index contributed by atoms with van der Waals surface area (Å²) in [7, 11) is 0. The number of hydrogen-bond donors (Lipinski definition) is 2. The van der Waals surface area contributed by atoms with E-state index in [1.54, 1.807) is 11.8 Å². The number of piperazine rings is 1. The minimum atomic E-state index is -0.0752. The number of carbonyl (C=O) groups is 1. The first-order valence-corrected chi connectivity index (χ1v) is 9.00. The second-order valence-corrected chi connectivity index (χ2v) is 6.35. The molecule has 0 radical (unpaired) electrons. The fourth-order valence-electron chi connectivity index (χ4n) is 2.62. The first kappa shape index (κ1) is 15.9. The van der Waals surface area contributed by atoms with Crippen LogP contribution in [0.4, 0.5) is 11.4 Å². The zero-order valence-corrected chi connectivity index (χ0v) is 14.0. The van der Waals surface area contributed by atoms with Crippen LogP contribution in [-0.4, -0.2) is 38.3 Å². The molecule has 1 amide bonds. The summed E-state index contributed by atoms with van der Waals surface area (Å²) in [6, 6.07) is 15.7. The molecule has 0 aliphatic carbocycles. The van der Waals surface area contributed by atoms with E-state index in [9.17, 15) is 4.79 Å². The number of benzene rings is 2. The van der Waals surface area contributed by atoms with Crippen molar-refractivity contribution >= 4 is 29.0 Å². The van der Waals surface area contributed by atoms with Gasteiger partial charge in [0.1, 0.15) is 0 Å². The van der Waals surface area contributed by atoms with E-state index in [1.165, 1.54) is 10.6 Å². The summed E-state index contributed by atoms with van der Waals surface area (Å²) in [6.07, 6.45) is 2.04. The van der Waals surface area contributed by atoms with Gasteiger partial charge >= 0.3 is 0 Å². The van der Waals surface area contributed by atoms with Gasteiger partial charge in [-0.05, 0) is 54.8 Å². The Morgan fingerprint density at radius 1 is 1.04 bits per heavy atom. The number of nitrogens with zero attached hydrogens (tertiary/aromatic N) is 1. The van der Waals surface area contributed by atoms with Crippen molar-refractivity contribution in [2.24, 2.45) is 0 Å². The molecule has 5 heteroatoms. The average molecular weight is 327 g/mol. The van der Waals surface area contributed by atoms with Crippen LogP contribution in [0.2, 0.25) is 0 Å². The number of rotatable bonds is 4. The molecule has 0 spiro atoms. The van der Waals surface area contributed by atoms with E-state index in [4.69, 9.17) is 0 Å². The SMILES string of the molecule is CSc1ccc(NC(=O)c2ccc(N3CCNCC3)cc2)cc1. The summed E-state index contributed by atoms with van der Waals surface area (Å²) in [4.78, 5) is 15.8. The van der Waals surface area contributed by atoms with Crippen molar-refractivity contribution in [1.82, 2.24) is 5.32 Å². The van der Waals surface area contributed by atoms with Gasteiger partial charge in [0.25, 0.3) is 5.91 Å². The molecule has 2 aromatic rings. The molecule has 2 N–H and O–H groups in total. The molecule has 1 aliphatic heterocycles. The Labute approximate surface area is 141 Å². The number of hydrogen-bond acceptors (Lipinski definition) is 4. The Balaban J connectivity index is 1.64. The van der Waals surface area contributed by atoms with Gasteiger partial charge in [-0.1, -0.05) is 0 Å². The van der Waals surface area contributed by atoms with E-state index in [0.717, 1.165) is 31.9 Å². The van der Waals surface area contributed by atoms with Crippen LogP contribution in [0.15, 0.2) is 53.4 Å². The van der Waals surface area contributed by atoms with E-state index in [-0.39, 0.29) is 5.91 Å². The van der Waals surface area contributed by atoms with Crippen molar-refractivity contribution in [3.63, 3.8) is 0 Å². The van der Waals surface area contributed by atoms with Crippen molar-refractivity contribution in [3.05, 3.63) is 54.1 Å². The zero-order valence-electron chi connectivity index (χ0n) is 13.2. The molecule has 0 bridgehead atoms. The van der Waals surface area contributed by atoms with Crippen molar-refractivity contribution in [2.75, 3.05) is 42.7 Å². The van der Waals surface area contributed by atoms with Crippen LogP contribution >= 0.6 is 11.8 Å². The lowest BCUT2D eigenvalue weighted by atomic mass is 10.1. The van der Waals surface area contributed by atoms with Crippen molar-refractivity contribution < 1.29 is 4.79 Å². The first-order chi connectivity index (χ1) is 11.3. The van der Waals surface area contributed by atoms with Crippen LogP contribution in [0, 0.1) is 0 Å². The normalized spacial score (nSPS) is 14.6. The van der Waals surface area contributed by atoms with Crippen LogP contribution in [0.3, 0.4) is 0 Å². The summed E-state index contributed by atoms with van der Waals surface area (Å²) in [5.74, 6) is -0.0752. The monoisotopic (exact) mass is 327 g/mol. The number of amides is 1. The lowest BCUT2D eigenvalue weighted by molar-refractivity contribution is 0.102. The maximum atomic E-state index is 12.3. The molecule has 120 valence electrons. The molecular weight excluding hydrogens is 306 g/mol. The van der Waals surface area contributed by atoms with E-state index in [2.05, 4.69) is 15.5 Å². The number of nitrogens with one attached hydrogen (secondary N) is 2. The van der Waals surface area contributed by atoms with Gasteiger partial charge in [-0.15, -0.1) is 11.8 Å². The van der Waals surface area contributed by atoms with Gasteiger partial charge < -0.3 is 15.5 Å². The third-order valence-electron chi connectivity index (χ3n) is 3.96. The Hall–Kier alpha value is -1.98. The first-order valence-electron chi connectivity index (χ1n) is 7.77. The molecule has 1 saturated heterocycles. The van der Waals surface area contributed by atoms with Crippen LogP contribution < -0.4 is 15.5 Å². The molecule has 0 atom stereocenters. The molecule has 0 saturated carbocycles. The molecule has 23 heavy (non-hydrogen) atoms. The molecular formula is C18H21N3OS.